The van der Waals surface area contributed by atoms with Crippen molar-refractivity contribution in [3.63, 3.8) is 0 Å². The van der Waals surface area contributed by atoms with Crippen LogP contribution in [-0.2, 0) is 17.9 Å². The molecule has 0 radical (unpaired) electrons. The number of furan rings is 1. The molecule has 0 spiro atoms. The van der Waals surface area contributed by atoms with Gasteiger partial charge in [0.1, 0.15) is 17.0 Å². The summed E-state index contributed by atoms with van der Waals surface area (Å²) in [5.74, 6) is 0.465. The van der Waals surface area contributed by atoms with Crippen LogP contribution in [0.2, 0.25) is 0 Å². The number of nitrogens with one attached hydrogen (secondary N) is 1. The molecule has 1 aromatic carbocycles. The fourth-order valence-corrected chi connectivity index (χ4v) is 5.57. The average Bonchev–Trinajstić information content (AvgIpc) is 3.53. The molecule has 1 atom stereocenters. The summed E-state index contributed by atoms with van der Waals surface area (Å²) in [5.41, 5.74) is 1.37. The number of rotatable bonds is 6. The fraction of sp³-hybridized carbons (Fsp3) is 0.407. The summed E-state index contributed by atoms with van der Waals surface area (Å²) < 4.78 is 7.56. The van der Waals surface area contributed by atoms with Gasteiger partial charge in [-0.15, -0.1) is 11.8 Å². The molecule has 2 aromatic heterocycles. The molecule has 1 fully saturated rings. The van der Waals surface area contributed by atoms with Gasteiger partial charge in [-0.25, -0.2) is 0 Å². The molecule has 34 heavy (non-hydrogen) atoms. The second-order valence-corrected chi connectivity index (χ2v) is 10.4. The van der Waals surface area contributed by atoms with Crippen LogP contribution >= 0.6 is 11.8 Å². The van der Waals surface area contributed by atoms with Crippen LogP contribution in [0.5, 0.6) is 0 Å². The Morgan fingerprint density at radius 1 is 1.09 bits per heavy atom. The van der Waals surface area contributed by atoms with Crippen molar-refractivity contribution in [1.29, 1.82) is 0 Å². The molecular formula is C27H31N3O3S. The summed E-state index contributed by atoms with van der Waals surface area (Å²) in [6, 6.07) is 15.8. The molecule has 0 bridgehead atoms. The molecule has 3 heterocycles. The van der Waals surface area contributed by atoms with Crippen LogP contribution in [-0.4, -0.2) is 39.1 Å². The Morgan fingerprint density at radius 2 is 1.82 bits per heavy atom. The smallest absolute Gasteiger partial charge is 0.271 e. The molecule has 7 heteroatoms. The molecule has 1 N–H and O–H groups in total. The Morgan fingerprint density at radius 3 is 2.50 bits per heavy atom. The van der Waals surface area contributed by atoms with Gasteiger partial charge >= 0.3 is 0 Å². The summed E-state index contributed by atoms with van der Waals surface area (Å²) >= 11 is 1.68. The van der Waals surface area contributed by atoms with E-state index in [1.54, 1.807) is 22.9 Å². The molecule has 3 aromatic rings. The van der Waals surface area contributed by atoms with Crippen molar-refractivity contribution < 1.29 is 14.0 Å². The highest BCUT2D eigenvalue weighted by molar-refractivity contribution is 7.98. The number of nitrogens with zero attached hydrogens (tertiary/aromatic N) is 2. The second-order valence-electron chi connectivity index (χ2n) is 9.49. The Hall–Kier alpha value is -2.93. The van der Waals surface area contributed by atoms with Crippen molar-refractivity contribution in [3.8, 4) is 11.5 Å². The van der Waals surface area contributed by atoms with Gasteiger partial charge in [-0.2, -0.15) is 0 Å². The first-order chi connectivity index (χ1) is 16.5. The Balaban J connectivity index is 1.51. The van der Waals surface area contributed by atoms with Crippen molar-refractivity contribution in [2.75, 3.05) is 6.26 Å². The zero-order valence-corrected chi connectivity index (χ0v) is 20.6. The van der Waals surface area contributed by atoms with E-state index in [0.29, 0.717) is 24.5 Å². The molecule has 1 aliphatic heterocycles. The maximum atomic E-state index is 13.8. The van der Waals surface area contributed by atoms with Gasteiger partial charge in [-0.05, 0) is 68.0 Å². The van der Waals surface area contributed by atoms with E-state index >= 15 is 0 Å². The first kappa shape index (κ1) is 22.8. The summed E-state index contributed by atoms with van der Waals surface area (Å²) in [4.78, 5) is 30.6. The van der Waals surface area contributed by atoms with E-state index in [9.17, 15) is 9.59 Å². The van der Waals surface area contributed by atoms with E-state index in [4.69, 9.17) is 4.42 Å². The zero-order valence-electron chi connectivity index (χ0n) is 19.8. The second kappa shape index (κ2) is 9.37. The summed E-state index contributed by atoms with van der Waals surface area (Å²) in [6.45, 7) is 2.65. The van der Waals surface area contributed by atoms with Gasteiger partial charge in [0, 0.05) is 17.5 Å². The van der Waals surface area contributed by atoms with Crippen LogP contribution in [0.3, 0.4) is 0 Å². The predicted molar refractivity (Wildman–Crippen MR) is 134 cm³/mol. The van der Waals surface area contributed by atoms with Crippen LogP contribution in [0.1, 0.15) is 55.1 Å². The molecule has 1 saturated carbocycles. The van der Waals surface area contributed by atoms with E-state index < -0.39 is 5.54 Å². The van der Waals surface area contributed by atoms with Gasteiger partial charge in [-0.3, -0.25) is 9.59 Å². The van der Waals surface area contributed by atoms with Gasteiger partial charge in [0.15, 0.2) is 0 Å². The minimum absolute atomic E-state index is 0.0850. The fourth-order valence-electron chi connectivity index (χ4n) is 5.16. The topological polar surface area (TPSA) is 67.5 Å². The standard InChI is InChI=1S/C27H31N3O3S/c1-27(26(32)28-20-7-4-3-5-8-20)18-29-22(24-9-6-16-33-24)14-15-23(29)25(31)30(27)17-19-10-12-21(34-2)13-11-19/h6,9-16,20H,3-5,7-8,17-18H2,1-2H3,(H,28,32)/t27-/m0/s1. The lowest BCUT2D eigenvalue weighted by molar-refractivity contribution is -0.134. The first-order valence-corrected chi connectivity index (χ1v) is 13.2. The third kappa shape index (κ3) is 4.17. The van der Waals surface area contributed by atoms with Gasteiger partial charge in [0.25, 0.3) is 5.91 Å². The quantitative estimate of drug-likeness (QED) is 0.487. The number of hydrogen-bond acceptors (Lipinski definition) is 4. The minimum Gasteiger partial charge on any atom is -0.463 e. The van der Waals surface area contributed by atoms with Crippen molar-refractivity contribution >= 4 is 23.6 Å². The molecule has 0 unspecified atom stereocenters. The van der Waals surface area contributed by atoms with Crippen molar-refractivity contribution in [1.82, 2.24) is 14.8 Å². The lowest BCUT2D eigenvalue weighted by atomic mass is 9.91. The Kier molecular flexibility index (Phi) is 6.30. The maximum absolute atomic E-state index is 13.8. The number of benzene rings is 1. The summed E-state index contributed by atoms with van der Waals surface area (Å²) in [6.07, 6.45) is 9.16. The third-order valence-electron chi connectivity index (χ3n) is 7.21. The molecule has 5 rings (SSSR count). The number of carbonyl (C=O) groups excluding carboxylic acids is 2. The summed E-state index contributed by atoms with van der Waals surface area (Å²) in [5, 5.41) is 3.29. The maximum Gasteiger partial charge on any atom is 0.271 e. The molecule has 178 valence electrons. The van der Waals surface area contributed by atoms with Crippen LogP contribution < -0.4 is 5.32 Å². The van der Waals surface area contributed by atoms with E-state index in [1.807, 2.05) is 54.1 Å². The average molecular weight is 478 g/mol. The number of aromatic nitrogens is 1. The highest BCUT2D eigenvalue weighted by Crippen LogP contribution is 2.35. The largest absolute Gasteiger partial charge is 0.463 e. The third-order valence-corrected chi connectivity index (χ3v) is 7.95. The van der Waals surface area contributed by atoms with Crippen LogP contribution in [0.25, 0.3) is 11.5 Å². The van der Waals surface area contributed by atoms with E-state index in [0.717, 1.165) is 36.9 Å². The van der Waals surface area contributed by atoms with Crippen LogP contribution in [0, 0.1) is 0 Å². The lowest BCUT2D eigenvalue weighted by Gasteiger charge is -2.45. The number of hydrogen-bond donors (Lipinski definition) is 1. The van der Waals surface area contributed by atoms with Crippen molar-refractivity contribution in [2.24, 2.45) is 0 Å². The molecule has 6 nitrogen and oxygen atoms in total. The zero-order chi connectivity index (χ0) is 23.7. The number of thioether (sulfide) groups is 1. The van der Waals surface area contributed by atoms with E-state index in [-0.39, 0.29) is 17.9 Å². The SMILES string of the molecule is CSc1ccc(CN2C(=O)c3ccc(-c4ccco4)n3C[C@@]2(C)C(=O)NC2CCCCC2)cc1. The minimum atomic E-state index is -1.03. The van der Waals surface area contributed by atoms with E-state index in [1.165, 1.54) is 11.3 Å². The monoisotopic (exact) mass is 477 g/mol. The predicted octanol–water partition coefficient (Wildman–Crippen LogP) is 5.33. The van der Waals surface area contributed by atoms with Crippen molar-refractivity contribution in [3.05, 3.63) is 66.1 Å². The van der Waals surface area contributed by atoms with Gasteiger partial charge in [0.05, 0.1) is 18.5 Å². The van der Waals surface area contributed by atoms with Crippen molar-refractivity contribution in [2.45, 2.75) is 68.6 Å². The van der Waals surface area contributed by atoms with Gasteiger partial charge < -0.3 is 19.2 Å². The lowest BCUT2D eigenvalue weighted by Crippen LogP contribution is -2.64. The molecule has 2 amide bonds. The van der Waals surface area contributed by atoms with Gasteiger partial charge in [0.2, 0.25) is 5.91 Å². The number of amides is 2. The van der Waals surface area contributed by atoms with Gasteiger partial charge in [-0.1, -0.05) is 31.4 Å². The number of carbonyl (C=O) groups is 2. The Labute approximate surface area is 204 Å². The van der Waals surface area contributed by atoms with E-state index in [2.05, 4.69) is 17.4 Å². The normalized spacial score (nSPS) is 20.9. The first-order valence-electron chi connectivity index (χ1n) is 12.0. The number of fused-ring (bicyclic) bond motifs is 1. The highest BCUT2D eigenvalue weighted by atomic mass is 32.2. The molecule has 1 aliphatic carbocycles. The summed E-state index contributed by atoms with van der Waals surface area (Å²) in [7, 11) is 0. The molecule has 0 saturated heterocycles. The molecular weight excluding hydrogens is 446 g/mol. The molecule has 2 aliphatic rings. The Bertz CT molecular complexity index is 1160. The van der Waals surface area contributed by atoms with Crippen LogP contribution in [0.4, 0.5) is 0 Å². The highest BCUT2D eigenvalue weighted by Gasteiger charge is 2.48. The van der Waals surface area contributed by atoms with Crippen LogP contribution in [0.15, 0.2) is 64.1 Å².